The summed E-state index contributed by atoms with van der Waals surface area (Å²) in [6.45, 7) is 0.719. The van der Waals surface area contributed by atoms with Crippen molar-refractivity contribution in [3.8, 4) is 11.1 Å². The molecule has 0 saturated heterocycles. The van der Waals surface area contributed by atoms with Crippen LogP contribution in [0, 0.1) is 0 Å². The van der Waals surface area contributed by atoms with Crippen LogP contribution in [-0.4, -0.2) is 11.5 Å². The van der Waals surface area contributed by atoms with Gasteiger partial charge in [0.15, 0.2) is 0 Å². The molecule has 16 heavy (non-hydrogen) atoms. The largest absolute Gasteiger partial charge is 0.330 e. The second-order valence-electron chi connectivity index (χ2n) is 3.79. The van der Waals surface area contributed by atoms with Crippen LogP contribution in [0.5, 0.6) is 0 Å². The van der Waals surface area contributed by atoms with Crippen LogP contribution < -0.4 is 5.73 Å². The first-order valence-electron chi connectivity index (χ1n) is 5.60. The molecule has 1 aromatic heterocycles. The van der Waals surface area contributed by atoms with E-state index < -0.39 is 0 Å². The lowest BCUT2D eigenvalue weighted by Crippen LogP contribution is -2.01. The predicted molar refractivity (Wildman–Crippen MR) is 67.0 cm³/mol. The van der Waals surface area contributed by atoms with E-state index in [0.29, 0.717) is 0 Å². The van der Waals surface area contributed by atoms with Crippen LogP contribution in [0.4, 0.5) is 0 Å². The summed E-state index contributed by atoms with van der Waals surface area (Å²) in [5.74, 6) is 0. The summed E-state index contributed by atoms with van der Waals surface area (Å²) in [7, 11) is 0. The number of pyridine rings is 1. The first-order chi connectivity index (χ1) is 7.90. The third-order valence-electron chi connectivity index (χ3n) is 2.56. The number of hydrogen-bond acceptors (Lipinski definition) is 2. The zero-order chi connectivity index (χ0) is 11.2. The van der Waals surface area contributed by atoms with Crippen molar-refractivity contribution in [2.45, 2.75) is 12.8 Å². The number of rotatable bonds is 4. The summed E-state index contributed by atoms with van der Waals surface area (Å²) >= 11 is 0. The minimum absolute atomic E-state index is 0.719. The number of aryl methyl sites for hydroxylation is 1. The van der Waals surface area contributed by atoms with Crippen LogP contribution in [0.25, 0.3) is 11.1 Å². The zero-order valence-electron chi connectivity index (χ0n) is 9.26. The summed E-state index contributed by atoms with van der Waals surface area (Å²) in [6, 6.07) is 14.5. The third kappa shape index (κ3) is 2.67. The summed E-state index contributed by atoms with van der Waals surface area (Å²) in [5.41, 5.74) is 9.07. The van der Waals surface area contributed by atoms with Crippen LogP contribution in [0.2, 0.25) is 0 Å². The van der Waals surface area contributed by atoms with E-state index in [9.17, 15) is 0 Å². The molecule has 0 atom stereocenters. The molecular formula is C14H16N2. The molecule has 0 spiro atoms. The maximum Gasteiger partial charge on any atom is 0.0410 e. The molecule has 0 amide bonds. The maximum absolute atomic E-state index is 5.50. The molecule has 2 rings (SSSR count). The molecule has 0 saturated carbocycles. The van der Waals surface area contributed by atoms with Gasteiger partial charge in [0.2, 0.25) is 0 Å². The van der Waals surface area contributed by atoms with Crippen LogP contribution in [0.15, 0.2) is 48.7 Å². The second kappa shape index (κ2) is 5.42. The number of hydrogen-bond donors (Lipinski definition) is 1. The van der Waals surface area contributed by atoms with Crippen molar-refractivity contribution < 1.29 is 0 Å². The molecule has 0 fully saturated rings. The molecule has 0 bridgehead atoms. The fourth-order valence-electron chi connectivity index (χ4n) is 1.71. The third-order valence-corrected chi connectivity index (χ3v) is 2.56. The first-order valence-corrected chi connectivity index (χ1v) is 5.60. The van der Waals surface area contributed by atoms with E-state index >= 15 is 0 Å². The number of nitrogens with zero attached hydrogens (tertiary/aromatic N) is 1. The lowest BCUT2D eigenvalue weighted by Gasteiger charge is -2.04. The molecule has 0 aliphatic rings. The van der Waals surface area contributed by atoms with Crippen molar-refractivity contribution in [2.24, 2.45) is 5.73 Å². The van der Waals surface area contributed by atoms with Crippen molar-refractivity contribution in [3.05, 3.63) is 54.4 Å². The summed E-state index contributed by atoms with van der Waals surface area (Å²) in [5, 5.41) is 0. The fourth-order valence-corrected chi connectivity index (χ4v) is 1.71. The number of aromatic nitrogens is 1. The van der Waals surface area contributed by atoms with Gasteiger partial charge < -0.3 is 5.73 Å². The average molecular weight is 212 g/mol. The Morgan fingerprint density at radius 1 is 1.00 bits per heavy atom. The van der Waals surface area contributed by atoms with Crippen molar-refractivity contribution in [2.75, 3.05) is 6.54 Å². The van der Waals surface area contributed by atoms with Gasteiger partial charge in [-0.1, -0.05) is 30.3 Å². The number of benzene rings is 1. The van der Waals surface area contributed by atoms with Crippen LogP contribution in [0.1, 0.15) is 12.1 Å². The monoisotopic (exact) mass is 212 g/mol. The Morgan fingerprint density at radius 2 is 1.81 bits per heavy atom. The molecule has 2 nitrogen and oxygen atoms in total. The highest BCUT2D eigenvalue weighted by Gasteiger charge is 1.99. The van der Waals surface area contributed by atoms with E-state index in [1.807, 2.05) is 18.3 Å². The van der Waals surface area contributed by atoms with E-state index in [1.54, 1.807) is 0 Å². The summed E-state index contributed by atoms with van der Waals surface area (Å²) in [4.78, 5) is 4.35. The SMILES string of the molecule is NCCCc1cc(-c2ccccc2)ccn1. The van der Waals surface area contributed by atoms with Crippen molar-refractivity contribution in [1.29, 1.82) is 0 Å². The highest BCUT2D eigenvalue weighted by Crippen LogP contribution is 2.19. The van der Waals surface area contributed by atoms with E-state index in [2.05, 4.69) is 35.3 Å². The van der Waals surface area contributed by atoms with Gasteiger partial charge in [-0.15, -0.1) is 0 Å². The van der Waals surface area contributed by atoms with Crippen LogP contribution >= 0.6 is 0 Å². The molecule has 0 unspecified atom stereocenters. The smallest absolute Gasteiger partial charge is 0.0410 e. The van der Waals surface area contributed by atoms with Gasteiger partial charge in [-0.3, -0.25) is 4.98 Å². The van der Waals surface area contributed by atoms with E-state index in [1.165, 1.54) is 11.1 Å². The molecule has 82 valence electrons. The minimum Gasteiger partial charge on any atom is -0.330 e. The average Bonchev–Trinajstić information content (AvgIpc) is 2.38. The van der Waals surface area contributed by atoms with Gasteiger partial charge in [0.1, 0.15) is 0 Å². The molecule has 2 aromatic rings. The predicted octanol–water partition coefficient (Wildman–Crippen LogP) is 2.64. The summed E-state index contributed by atoms with van der Waals surface area (Å²) in [6.07, 6.45) is 3.82. The fraction of sp³-hybridized carbons (Fsp3) is 0.214. The zero-order valence-corrected chi connectivity index (χ0v) is 9.26. The van der Waals surface area contributed by atoms with Gasteiger partial charge in [0.25, 0.3) is 0 Å². The van der Waals surface area contributed by atoms with Gasteiger partial charge in [0, 0.05) is 11.9 Å². The van der Waals surface area contributed by atoms with Gasteiger partial charge in [0.05, 0.1) is 0 Å². The highest BCUT2D eigenvalue weighted by molar-refractivity contribution is 5.63. The Morgan fingerprint density at radius 3 is 2.56 bits per heavy atom. The van der Waals surface area contributed by atoms with Gasteiger partial charge in [-0.2, -0.15) is 0 Å². The normalized spacial score (nSPS) is 10.3. The van der Waals surface area contributed by atoms with E-state index in [0.717, 1.165) is 25.1 Å². The van der Waals surface area contributed by atoms with Gasteiger partial charge in [-0.25, -0.2) is 0 Å². The van der Waals surface area contributed by atoms with Crippen molar-refractivity contribution >= 4 is 0 Å². The molecule has 1 heterocycles. The topological polar surface area (TPSA) is 38.9 Å². The maximum atomic E-state index is 5.50. The second-order valence-corrected chi connectivity index (χ2v) is 3.79. The first kappa shape index (κ1) is 10.8. The lowest BCUT2D eigenvalue weighted by molar-refractivity contribution is 0.811. The Labute approximate surface area is 96.1 Å². The lowest BCUT2D eigenvalue weighted by atomic mass is 10.1. The molecule has 2 N–H and O–H groups in total. The highest BCUT2D eigenvalue weighted by atomic mass is 14.7. The van der Waals surface area contributed by atoms with E-state index in [-0.39, 0.29) is 0 Å². The van der Waals surface area contributed by atoms with Crippen LogP contribution in [-0.2, 0) is 6.42 Å². The molecular weight excluding hydrogens is 196 g/mol. The molecule has 2 heteroatoms. The molecule has 0 aliphatic carbocycles. The number of nitrogens with two attached hydrogens (primary N) is 1. The molecule has 0 radical (unpaired) electrons. The standard InChI is InChI=1S/C14H16N2/c15-9-4-7-14-11-13(8-10-16-14)12-5-2-1-3-6-12/h1-3,5-6,8,10-11H,4,7,9,15H2. The minimum atomic E-state index is 0.719. The molecule has 1 aromatic carbocycles. The van der Waals surface area contributed by atoms with Gasteiger partial charge in [-0.05, 0) is 42.6 Å². The van der Waals surface area contributed by atoms with Crippen molar-refractivity contribution in [1.82, 2.24) is 4.98 Å². The Kier molecular flexibility index (Phi) is 3.67. The molecule has 0 aliphatic heterocycles. The van der Waals surface area contributed by atoms with Crippen LogP contribution in [0.3, 0.4) is 0 Å². The quantitative estimate of drug-likeness (QED) is 0.846. The van der Waals surface area contributed by atoms with Gasteiger partial charge >= 0.3 is 0 Å². The summed E-state index contributed by atoms with van der Waals surface area (Å²) < 4.78 is 0. The Hall–Kier alpha value is -1.67. The Bertz CT molecular complexity index is 437. The Balaban J connectivity index is 2.22. The van der Waals surface area contributed by atoms with Crippen molar-refractivity contribution in [3.63, 3.8) is 0 Å². The van der Waals surface area contributed by atoms with E-state index in [4.69, 9.17) is 5.73 Å².